The van der Waals surface area contributed by atoms with Crippen LogP contribution >= 0.6 is 11.8 Å². The van der Waals surface area contributed by atoms with Crippen molar-refractivity contribution in [1.82, 2.24) is 19.7 Å². The largest absolute Gasteiger partial charge is 0.494 e. The topological polar surface area (TPSA) is 69.9 Å². The number of aromatic nitrogens is 4. The Bertz CT molecular complexity index is 1150. The molecule has 0 bridgehead atoms. The Labute approximate surface area is 185 Å². The first-order valence-electron chi connectivity index (χ1n) is 10.0. The fraction of sp³-hybridized carbons (Fsp3) is 0.167. The summed E-state index contributed by atoms with van der Waals surface area (Å²) in [7, 11) is 0. The van der Waals surface area contributed by atoms with E-state index in [4.69, 9.17) is 4.74 Å². The van der Waals surface area contributed by atoms with Crippen molar-refractivity contribution < 1.29 is 9.53 Å². The van der Waals surface area contributed by atoms with Gasteiger partial charge in [-0.05, 0) is 50.2 Å². The van der Waals surface area contributed by atoms with Gasteiger partial charge in [0.2, 0.25) is 0 Å². The lowest BCUT2D eigenvalue weighted by atomic mass is 10.1. The van der Waals surface area contributed by atoms with Crippen molar-refractivity contribution in [3.63, 3.8) is 0 Å². The highest BCUT2D eigenvalue weighted by Crippen LogP contribution is 2.31. The van der Waals surface area contributed by atoms with Crippen LogP contribution in [-0.4, -0.2) is 37.4 Å². The van der Waals surface area contributed by atoms with E-state index in [1.165, 1.54) is 11.8 Å². The summed E-state index contributed by atoms with van der Waals surface area (Å²) in [6.07, 6.45) is 3.47. The maximum Gasteiger partial charge on any atom is 0.196 e. The van der Waals surface area contributed by atoms with E-state index in [-0.39, 0.29) is 11.0 Å². The zero-order valence-electron chi connectivity index (χ0n) is 17.3. The molecule has 2 heterocycles. The highest BCUT2D eigenvalue weighted by atomic mass is 32.2. The summed E-state index contributed by atoms with van der Waals surface area (Å²) in [5.74, 6) is 1.51. The molecule has 1 unspecified atom stereocenters. The van der Waals surface area contributed by atoms with Crippen LogP contribution in [0.2, 0.25) is 0 Å². The van der Waals surface area contributed by atoms with Crippen LogP contribution in [-0.2, 0) is 0 Å². The molecule has 0 aliphatic carbocycles. The monoisotopic (exact) mass is 430 g/mol. The third-order valence-corrected chi connectivity index (χ3v) is 5.71. The molecule has 6 nitrogen and oxygen atoms in total. The van der Waals surface area contributed by atoms with Crippen LogP contribution < -0.4 is 4.74 Å². The van der Waals surface area contributed by atoms with E-state index in [1.807, 2.05) is 85.1 Å². The van der Waals surface area contributed by atoms with E-state index >= 15 is 0 Å². The Morgan fingerprint density at radius 3 is 2.48 bits per heavy atom. The van der Waals surface area contributed by atoms with Gasteiger partial charge in [-0.25, -0.2) is 0 Å². The number of benzene rings is 2. The Morgan fingerprint density at radius 1 is 1.03 bits per heavy atom. The van der Waals surface area contributed by atoms with Gasteiger partial charge in [-0.1, -0.05) is 42.1 Å². The number of carbonyl (C=O) groups excluding carboxylic acids is 1. The predicted octanol–water partition coefficient (Wildman–Crippen LogP) is 5.09. The molecule has 0 saturated heterocycles. The minimum atomic E-state index is -0.324. The van der Waals surface area contributed by atoms with Gasteiger partial charge in [0.25, 0.3) is 0 Å². The molecule has 4 aromatic rings. The molecule has 4 rings (SSSR count). The lowest BCUT2D eigenvalue weighted by Gasteiger charge is -2.14. The molecule has 0 amide bonds. The second-order valence-electron chi connectivity index (χ2n) is 6.80. The lowest BCUT2D eigenvalue weighted by molar-refractivity contribution is 0.0994. The molecule has 0 fully saturated rings. The van der Waals surface area contributed by atoms with E-state index in [0.29, 0.717) is 23.2 Å². The van der Waals surface area contributed by atoms with Gasteiger partial charge in [0.1, 0.15) is 5.75 Å². The van der Waals surface area contributed by atoms with E-state index in [1.54, 1.807) is 12.4 Å². The van der Waals surface area contributed by atoms with Gasteiger partial charge in [-0.3, -0.25) is 14.3 Å². The molecule has 0 radical (unpaired) electrons. The number of carbonyl (C=O) groups is 1. The van der Waals surface area contributed by atoms with E-state index in [0.717, 1.165) is 17.0 Å². The normalized spacial score (nSPS) is 11.8. The molecule has 0 saturated carbocycles. The van der Waals surface area contributed by atoms with Gasteiger partial charge in [-0.15, -0.1) is 10.2 Å². The van der Waals surface area contributed by atoms with Gasteiger partial charge in [0.05, 0.1) is 11.9 Å². The zero-order chi connectivity index (χ0) is 21.6. The van der Waals surface area contributed by atoms with Gasteiger partial charge >= 0.3 is 0 Å². The van der Waals surface area contributed by atoms with E-state index in [9.17, 15) is 4.79 Å². The number of nitrogens with zero attached hydrogens (tertiary/aromatic N) is 4. The van der Waals surface area contributed by atoms with Crippen LogP contribution in [0, 0.1) is 0 Å². The van der Waals surface area contributed by atoms with Crippen LogP contribution in [0.1, 0.15) is 24.2 Å². The van der Waals surface area contributed by atoms with Crippen LogP contribution in [0.3, 0.4) is 0 Å². The summed E-state index contributed by atoms with van der Waals surface area (Å²) in [5, 5.41) is 9.14. The van der Waals surface area contributed by atoms with Crippen LogP contribution in [0.25, 0.3) is 17.1 Å². The quantitative estimate of drug-likeness (QED) is 0.286. The summed E-state index contributed by atoms with van der Waals surface area (Å²) >= 11 is 1.39. The number of hydrogen-bond acceptors (Lipinski definition) is 6. The number of thioether (sulfide) groups is 1. The average molecular weight is 431 g/mol. The van der Waals surface area contributed by atoms with E-state index in [2.05, 4.69) is 15.2 Å². The third-order valence-electron chi connectivity index (χ3n) is 4.67. The first kappa shape index (κ1) is 20.8. The molecule has 0 spiro atoms. The molecule has 2 aromatic heterocycles. The van der Waals surface area contributed by atoms with Gasteiger partial charge in [0, 0.05) is 29.2 Å². The highest BCUT2D eigenvalue weighted by molar-refractivity contribution is 8.00. The number of ketones is 1. The van der Waals surface area contributed by atoms with Crippen molar-refractivity contribution >= 4 is 17.5 Å². The molecule has 156 valence electrons. The number of Topliss-reactive ketones (excluding diaryl/α,β-unsaturated/α-hetero) is 1. The second-order valence-corrected chi connectivity index (χ2v) is 8.11. The van der Waals surface area contributed by atoms with E-state index < -0.39 is 0 Å². The summed E-state index contributed by atoms with van der Waals surface area (Å²) in [6, 6.07) is 20.9. The summed E-state index contributed by atoms with van der Waals surface area (Å²) in [5.41, 5.74) is 2.41. The molecule has 0 aliphatic rings. The lowest BCUT2D eigenvalue weighted by Crippen LogP contribution is -2.14. The van der Waals surface area contributed by atoms with Gasteiger partial charge in [0.15, 0.2) is 16.8 Å². The standard InChI is InChI=1S/C24H22N4O2S/c1-3-30-21-13-11-20(12-14-21)28-23(19-10-7-15-25-16-19)26-27-24(28)31-17(2)22(29)18-8-5-4-6-9-18/h4-17H,3H2,1-2H3. The molecule has 31 heavy (non-hydrogen) atoms. The predicted molar refractivity (Wildman–Crippen MR) is 122 cm³/mol. The average Bonchev–Trinajstić information content (AvgIpc) is 3.24. The summed E-state index contributed by atoms with van der Waals surface area (Å²) in [6.45, 7) is 4.45. The molecule has 0 aliphatic heterocycles. The highest BCUT2D eigenvalue weighted by Gasteiger charge is 2.22. The third kappa shape index (κ3) is 4.67. The first-order valence-corrected chi connectivity index (χ1v) is 10.9. The van der Waals surface area contributed by atoms with Crippen molar-refractivity contribution in [2.45, 2.75) is 24.3 Å². The minimum absolute atomic E-state index is 0.0507. The SMILES string of the molecule is CCOc1ccc(-n2c(SC(C)C(=O)c3ccccc3)nnc2-c2cccnc2)cc1. The Balaban J connectivity index is 1.71. The van der Waals surface area contributed by atoms with Crippen molar-refractivity contribution in [3.05, 3.63) is 84.7 Å². The van der Waals surface area contributed by atoms with Gasteiger partial charge < -0.3 is 4.74 Å². The molecule has 0 N–H and O–H groups in total. The molecule has 2 aromatic carbocycles. The fourth-order valence-corrected chi connectivity index (χ4v) is 4.11. The number of pyridine rings is 1. The summed E-state index contributed by atoms with van der Waals surface area (Å²) < 4.78 is 7.52. The van der Waals surface area contributed by atoms with Crippen LogP contribution in [0.15, 0.2) is 84.3 Å². The van der Waals surface area contributed by atoms with Crippen LogP contribution in [0.4, 0.5) is 0 Å². The maximum atomic E-state index is 12.9. The fourth-order valence-electron chi connectivity index (χ4n) is 3.17. The zero-order valence-corrected chi connectivity index (χ0v) is 18.1. The summed E-state index contributed by atoms with van der Waals surface area (Å²) in [4.78, 5) is 17.1. The smallest absolute Gasteiger partial charge is 0.196 e. The minimum Gasteiger partial charge on any atom is -0.494 e. The molecule has 7 heteroatoms. The number of rotatable bonds is 8. The van der Waals surface area contributed by atoms with Crippen molar-refractivity contribution in [2.75, 3.05) is 6.61 Å². The Kier molecular flexibility index (Phi) is 6.43. The van der Waals surface area contributed by atoms with Crippen molar-refractivity contribution in [1.29, 1.82) is 0 Å². The number of ether oxygens (including phenoxy) is 1. The maximum absolute atomic E-state index is 12.9. The Morgan fingerprint density at radius 2 is 1.81 bits per heavy atom. The van der Waals surface area contributed by atoms with Crippen LogP contribution in [0.5, 0.6) is 5.75 Å². The Hall–Kier alpha value is -3.45. The second kappa shape index (κ2) is 9.57. The molecular weight excluding hydrogens is 408 g/mol. The number of hydrogen-bond donors (Lipinski definition) is 0. The van der Waals surface area contributed by atoms with Crippen molar-refractivity contribution in [2.24, 2.45) is 0 Å². The van der Waals surface area contributed by atoms with Crippen molar-refractivity contribution in [3.8, 4) is 22.8 Å². The first-order chi connectivity index (χ1) is 15.2. The molecule has 1 atom stereocenters. The van der Waals surface area contributed by atoms with Gasteiger partial charge in [-0.2, -0.15) is 0 Å². The molecular formula is C24H22N4O2S.